The van der Waals surface area contributed by atoms with Gasteiger partial charge in [0.15, 0.2) is 5.78 Å². The second-order valence-corrected chi connectivity index (χ2v) is 7.37. The third-order valence-corrected chi connectivity index (χ3v) is 5.19. The minimum atomic E-state index is -0.467. The monoisotopic (exact) mass is 439 g/mol. The molecule has 0 aliphatic carbocycles. The Labute approximate surface area is 190 Å². The molecule has 4 aromatic rings. The number of carbonyl (C=O) groups is 1. The maximum Gasteiger partial charge on any atom is 0.273 e. The van der Waals surface area contributed by atoms with E-state index in [-0.39, 0.29) is 18.1 Å². The fourth-order valence-electron chi connectivity index (χ4n) is 3.47. The fraction of sp³-hybridized carbons (Fsp3) is 0.0741. The van der Waals surface area contributed by atoms with E-state index < -0.39 is 4.92 Å². The number of rotatable bonds is 8. The number of nitro benzene ring substituents is 1. The number of nitro groups is 1. The van der Waals surface area contributed by atoms with Crippen LogP contribution in [0, 0.1) is 10.1 Å². The van der Waals surface area contributed by atoms with Gasteiger partial charge in [0, 0.05) is 17.2 Å². The van der Waals surface area contributed by atoms with Gasteiger partial charge in [0.1, 0.15) is 18.1 Å². The second kappa shape index (κ2) is 9.78. The maximum atomic E-state index is 12.7. The van der Waals surface area contributed by atoms with Crippen molar-refractivity contribution in [1.82, 2.24) is 0 Å². The summed E-state index contributed by atoms with van der Waals surface area (Å²) in [6.45, 7) is 0.157. The van der Waals surface area contributed by atoms with Crippen LogP contribution in [-0.4, -0.2) is 17.8 Å². The fourth-order valence-corrected chi connectivity index (χ4v) is 3.47. The number of hydrogen-bond donors (Lipinski definition) is 0. The van der Waals surface area contributed by atoms with E-state index in [4.69, 9.17) is 9.47 Å². The molecule has 33 heavy (non-hydrogen) atoms. The molecule has 0 radical (unpaired) electrons. The van der Waals surface area contributed by atoms with E-state index in [0.29, 0.717) is 17.1 Å². The quantitative estimate of drug-likeness (QED) is 0.141. The van der Waals surface area contributed by atoms with Gasteiger partial charge in [0.25, 0.3) is 5.69 Å². The van der Waals surface area contributed by atoms with Crippen LogP contribution in [0.5, 0.6) is 11.5 Å². The Kier molecular flexibility index (Phi) is 6.45. The van der Waals surface area contributed by atoms with Gasteiger partial charge < -0.3 is 9.47 Å². The number of hydrogen-bond acceptors (Lipinski definition) is 5. The summed E-state index contributed by atoms with van der Waals surface area (Å²) in [7, 11) is 1.56. The first-order chi connectivity index (χ1) is 16.0. The molecule has 0 aliphatic heterocycles. The highest BCUT2D eigenvalue weighted by atomic mass is 16.6. The van der Waals surface area contributed by atoms with Gasteiger partial charge in [-0.2, -0.15) is 0 Å². The number of nitrogens with zero attached hydrogens (tertiary/aromatic N) is 1. The highest BCUT2D eigenvalue weighted by Crippen LogP contribution is 2.25. The Morgan fingerprint density at radius 2 is 1.76 bits per heavy atom. The smallest absolute Gasteiger partial charge is 0.273 e. The van der Waals surface area contributed by atoms with Crippen LogP contribution in [0.3, 0.4) is 0 Å². The normalized spacial score (nSPS) is 10.9. The summed E-state index contributed by atoms with van der Waals surface area (Å²) in [6, 6.07) is 25.1. The first-order valence-corrected chi connectivity index (χ1v) is 10.3. The molecule has 0 spiro atoms. The first-order valence-electron chi connectivity index (χ1n) is 10.3. The zero-order valence-electron chi connectivity index (χ0n) is 17.9. The van der Waals surface area contributed by atoms with Crippen molar-refractivity contribution in [3.8, 4) is 11.5 Å². The van der Waals surface area contributed by atoms with Crippen LogP contribution in [0.15, 0.2) is 91.0 Å². The minimum absolute atomic E-state index is 0.0386. The molecule has 0 heterocycles. The van der Waals surface area contributed by atoms with Crippen LogP contribution in [-0.2, 0) is 6.61 Å². The largest absolute Gasteiger partial charge is 0.496 e. The number of non-ortho nitro benzene ring substituents is 1. The number of benzene rings is 4. The van der Waals surface area contributed by atoms with E-state index in [0.717, 1.165) is 21.9 Å². The summed E-state index contributed by atoms with van der Waals surface area (Å²) >= 11 is 0. The van der Waals surface area contributed by atoms with Gasteiger partial charge in [-0.15, -0.1) is 0 Å². The number of ketones is 1. The van der Waals surface area contributed by atoms with Gasteiger partial charge in [-0.05, 0) is 46.7 Å². The molecule has 4 aromatic carbocycles. The first kappa shape index (κ1) is 21.8. The molecule has 164 valence electrons. The zero-order valence-corrected chi connectivity index (χ0v) is 17.9. The summed E-state index contributed by atoms with van der Waals surface area (Å²) in [5, 5.41) is 13.1. The summed E-state index contributed by atoms with van der Waals surface area (Å²) in [5.41, 5.74) is 2.14. The second-order valence-electron chi connectivity index (χ2n) is 7.37. The SMILES string of the molecule is COc1ccc(/C=C/C(=O)c2ccc3ccccc3c2)cc1COc1cccc([N+](=O)[O-])c1. The van der Waals surface area contributed by atoms with E-state index in [2.05, 4.69) is 0 Å². The van der Waals surface area contributed by atoms with Crippen LogP contribution in [0.1, 0.15) is 21.5 Å². The predicted octanol–water partition coefficient (Wildman–Crippen LogP) is 6.23. The number of methoxy groups -OCH3 is 1. The van der Waals surface area contributed by atoms with Gasteiger partial charge >= 0.3 is 0 Å². The molecule has 0 fully saturated rings. The molecule has 0 saturated carbocycles. The van der Waals surface area contributed by atoms with E-state index in [1.807, 2.05) is 54.6 Å². The van der Waals surface area contributed by atoms with E-state index in [1.54, 1.807) is 31.4 Å². The van der Waals surface area contributed by atoms with Gasteiger partial charge in [0.05, 0.1) is 18.1 Å². The molecule has 0 saturated heterocycles. The van der Waals surface area contributed by atoms with E-state index >= 15 is 0 Å². The molecule has 0 amide bonds. The van der Waals surface area contributed by atoms with Crippen molar-refractivity contribution < 1.29 is 19.2 Å². The van der Waals surface area contributed by atoms with Gasteiger partial charge in [-0.3, -0.25) is 14.9 Å². The highest BCUT2D eigenvalue weighted by molar-refractivity contribution is 6.08. The van der Waals surface area contributed by atoms with Crippen molar-refractivity contribution in [2.24, 2.45) is 0 Å². The number of carbonyl (C=O) groups excluding carboxylic acids is 1. The van der Waals surface area contributed by atoms with E-state index in [1.165, 1.54) is 18.2 Å². The Morgan fingerprint density at radius 1 is 0.939 bits per heavy atom. The lowest BCUT2D eigenvalue weighted by Gasteiger charge is -2.11. The molecule has 6 heteroatoms. The summed E-state index contributed by atoms with van der Waals surface area (Å²) < 4.78 is 11.1. The summed E-state index contributed by atoms with van der Waals surface area (Å²) in [5.74, 6) is 0.920. The molecule has 4 rings (SSSR count). The number of allylic oxidation sites excluding steroid dienone is 1. The van der Waals surface area contributed by atoms with Crippen LogP contribution in [0.25, 0.3) is 16.8 Å². The lowest BCUT2D eigenvalue weighted by atomic mass is 10.0. The third kappa shape index (κ3) is 5.25. The van der Waals surface area contributed by atoms with Crippen molar-refractivity contribution >= 4 is 28.3 Å². The average Bonchev–Trinajstić information content (AvgIpc) is 2.85. The lowest BCUT2D eigenvalue weighted by molar-refractivity contribution is -0.384. The zero-order chi connectivity index (χ0) is 23.2. The Balaban J connectivity index is 1.50. The minimum Gasteiger partial charge on any atom is -0.496 e. The number of fused-ring (bicyclic) bond motifs is 1. The molecule has 0 bridgehead atoms. The Hall–Kier alpha value is -4.45. The molecule has 0 N–H and O–H groups in total. The molecule has 6 nitrogen and oxygen atoms in total. The van der Waals surface area contributed by atoms with Crippen LogP contribution >= 0.6 is 0 Å². The average molecular weight is 439 g/mol. The van der Waals surface area contributed by atoms with Gasteiger partial charge in [0.2, 0.25) is 0 Å². The lowest BCUT2D eigenvalue weighted by Crippen LogP contribution is -2.00. The van der Waals surface area contributed by atoms with Crippen molar-refractivity contribution in [2.75, 3.05) is 7.11 Å². The van der Waals surface area contributed by atoms with Crippen molar-refractivity contribution in [1.29, 1.82) is 0 Å². The molecule has 0 unspecified atom stereocenters. The third-order valence-electron chi connectivity index (χ3n) is 5.19. The van der Waals surface area contributed by atoms with Crippen molar-refractivity contribution in [2.45, 2.75) is 6.61 Å². The predicted molar refractivity (Wildman–Crippen MR) is 128 cm³/mol. The van der Waals surface area contributed by atoms with Crippen LogP contribution in [0.2, 0.25) is 0 Å². The summed E-state index contributed by atoms with van der Waals surface area (Å²) in [6.07, 6.45) is 3.28. The topological polar surface area (TPSA) is 78.7 Å². The van der Waals surface area contributed by atoms with Crippen molar-refractivity contribution in [3.63, 3.8) is 0 Å². The van der Waals surface area contributed by atoms with Crippen molar-refractivity contribution in [3.05, 3.63) is 118 Å². The Morgan fingerprint density at radius 3 is 2.55 bits per heavy atom. The Bertz CT molecular complexity index is 1360. The highest BCUT2D eigenvalue weighted by Gasteiger charge is 2.09. The van der Waals surface area contributed by atoms with E-state index in [9.17, 15) is 14.9 Å². The molecule has 0 atom stereocenters. The van der Waals surface area contributed by atoms with Gasteiger partial charge in [-0.1, -0.05) is 54.6 Å². The molecule has 0 aliphatic rings. The standard InChI is InChI=1S/C27H21NO5/c1-32-27-14-10-19(15-23(27)18-33-25-8-4-7-24(17-25)28(30)31)9-13-26(29)22-12-11-20-5-2-3-6-21(20)16-22/h2-17H,18H2,1H3/b13-9+. The van der Waals surface area contributed by atoms with Crippen LogP contribution < -0.4 is 9.47 Å². The molecular formula is C27H21NO5. The maximum absolute atomic E-state index is 12.7. The molecular weight excluding hydrogens is 418 g/mol. The van der Waals surface area contributed by atoms with Crippen LogP contribution in [0.4, 0.5) is 5.69 Å². The van der Waals surface area contributed by atoms with Gasteiger partial charge in [-0.25, -0.2) is 0 Å². The summed E-state index contributed by atoms with van der Waals surface area (Å²) in [4.78, 5) is 23.2. The number of ether oxygens (including phenoxy) is 2. The molecule has 0 aromatic heterocycles.